The number of anilines is 1. The molecule has 6 heteroatoms. The number of aromatic nitrogens is 1. The third kappa shape index (κ3) is 3.28. The minimum absolute atomic E-state index is 0.0982. The van der Waals surface area contributed by atoms with Crippen LogP contribution in [0.5, 0.6) is 5.75 Å². The summed E-state index contributed by atoms with van der Waals surface area (Å²) in [6.07, 6.45) is 2.07. The molecule has 0 saturated carbocycles. The van der Waals surface area contributed by atoms with Crippen LogP contribution in [0.3, 0.4) is 0 Å². The van der Waals surface area contributed by atoms with Crippen molar-refractivity contribution in [3.63, 3.8) is 0 Å². The van der Waals surface area contributed by atoms with Crippen LogP contribution in [0.1, 0.15) is 30.2 Å². The van der Waals surface area contributed by atoms with Gasteiger partial charge in [0, 0.05) is 12.1 Å². The van der Waals surface area contributed by atoms with Gasteiger partial charge in [-0.1, -0.05) is 17.3 Å². The molecule has 1 aliphatic heterocycles. The van der Waals surface area contributed by atoms with E-state index in [1.54, 1.807) is 25.1 Å². The first-order valence-electron chi connectivity index (χ1n) is 7.38. The molecule has 2 aromatic rings. The number of likely N-dealkylation sites (tertiary alicyclic amines) is 1. The van der Waals surface area contributed by atoms with Crippen LogP contribution in [-0.4, -0.2) is 34.2 Å². The molecule has 6 nitrogen and oxygen atoms in total. The summed E-state index contributed by atoms with van der Waals surface area (Å²) in [5.41, 5.74) is 1.13. The average molecular weight is 301 g/mol. The average Bonchev–Trinajstić information content (AvgIpc) is 3.09. The number of phenolic OH excluding ortho intramolecular Hbond substituents is 1. The zero-order chi connectivity index (χ0) is 15.5. The van der Waals surface area contributed by atoms with E-state index in [1.165, 1.54) is 0 Å². The maximum absolute atomic E-state index is 12.1. The van der Waals surface area contributed by atoms with Crippen LogP contribution in [-0.2, 0) is 4.79 Å². The first-order chi connectivity index (χ1) is 10.6. The molecule has 3 rings (SSSR count). The lowest BCUT2D eigenvalue weighted by Gasteiger charge is -2.24. The Morgan fingerprint density at radius 3 is 2.91 bits per heavy atom. The van der Waals surface area contributed by atoms with Crippen LogP contribution in [0, 0.1) is 6.92 Å². The highest BCUT2D eigenvalue weighted by atomic mass is 16.5. The van der Waals surface area contributed by atoms with Gasteiger partial charge in [-0.2, -0.15) is 0 Å². The number of aromatic hydroxyl groups is 1. The predicted octanol–water partition coefficient (Wildman–Crippen LogP) is 2.46. The SMILES string of the molecule is Cc1cc(NC(=O)CN2CCC[C@H]2c2ccc(O)cc2)no1. The van der Waals surface area contributed by atoms with Crippen molar-refractivity contribution in [1.82, 2.24) is 10.1 Å². The highest BCUT2D eigenvalue weighted by Gasteiger charge is 2.27. The van der Waals surface area contributed by atoms with E-state index in [0.29, 0.717) is 18.1 Å². The molecule has 1 amide bonds. The number of nitrogens with zero attached hydrogens (tertiary/aromatic N) is 2. The molecule has 1 aromatic carbocycles. The van der Waals surface area contributed by atoms with E-state index < -0.39 is 0 Å². The highest BCUT2D eigenvalue weighted by molar-refractivity contribution is 5.91. The van der Waals surface area contributed by atoms with Crippen LogP contribution < -0.4 is 5.32 Å². The Morgan fingerprint density at radius 2 is 2.23 bits per heavy atom. The van der Waals surface area contributed by atoms with Crippen molar-refractivity contribution in [3.8, 4) is 5.75 Å². The van der Waals surface area contributed by atoms with Crippen molar-refractivity contribution in [2.75, 3.05) is 18.4 Å². The summed E-state index contributed by atoms with van der Waals surface area (Å²) in [6, 6.07) is 9.10. The van der Waals surface area contributed by atoms with E-state index in [9.17, 15) is 9.90 Å². The number of phenols is 1. The van der Waals surface area contributed by atoms with E-state index in [1.807, 2.05) is 12.1 Å². The topological polar surface area (TPSA) is 78.6 Å². The molecule has 2 N–H and O–H groups in total. The van der Waals surface area contributed by atoms with Gasteiger partial charge in [-0.15, -0.1) is 0 Å². The van der Waals surface area contributed by atoms with E-state index in [0.717, 1.165) is 24.9 Å². The van der Waals surface area contributed by atoms with Gasteiger partial charge in [0.2, 0.25) is 5.91 Å². The van der Waals surface area contributed by atoms with Gasteiger partial charge in [-0.3, -0.25) is 9.69 Å². The molecule has 0 unspecified atom stereocenters. The molecule has 0 radical (unpaired) electrons. The third-order valence-electron chi connectivity index (χ3n) is 3.88. The van der Waals surface area contributed by atoms with Gasteiger partial charge in [-0.25, -0.2) is 0 Å². The lowest BCUT2D eigenvalue weighted by molar-refractivity contribution is -0.117. The van der Waals surface area contributed by atoms with E-state index >= 15 is 0 Å². The Morgan fingerprint density at radius 1 is 1.45 bits per heavy atom. The molecule has 2 heterocycles. The van der Waals surface area contributed by atoms with Gasteiger partial charge >= 0.3 is 0 Å². The molecule has 22 heavy (non-hydrogen) atoms. The molecular weight excluding hydrogens is 282 g/mol. The fourth-order valence-corrected chi connectivity index (χ4v) is 2.88. The number of hydrogen-bond donors (Lipinski definition) is 2. The summed E-state index contributed by atoms with van der Waals surface area (Å²) in [5.74, 6) is 1.27. The van der Waals surface area contributed by atoms with Crippen molar-refractivity contribution in [2.45, 2.75) is 25.8 Å². The quantitative estimate of drug-likeness (QED) is 0.907. The van der Waals surface area contributed by atoms with E-state index in [4.69, 9.17) is 4.52 Å². The third-order valence-corrected chi connectivity index (χ3v) is 3.88. The number of carbonyl (C=O) groups excluding carboxylic acids is 1. The highest BCUT2D eigenvalue weighted by Crippen LogP contribution is 2.32. The van der Waals surface area contributed by atoms with Gasteiger partial charge in [0.25, 0.3) is 0 Å². The maximum Gasteiger partial charge on any atom is 0.239 e. The Bertz CT molecular complexity index is 651. The molecule has 1 fully saturated rings. The van der Waals surface area contributed by atoms with E-state index in [2.05, 4.69) is 15.4 Å². The molecule has 1 aromatic heterocycles. The summed E-state index contributed by atoms with van der Waals surface area (Å²) in [4.78, 5) is 14.3. The molecule has 0 spiro atoms. The molecule has 0 aliphatic carbocycles. The summed E-state index contributed by atoms with van der Waals surface area (Å²) in [5, 5.41) is 15.9. The normalized spacial score (nSPS) is 18.5. The van der Waals surface area contributed by atoms with Gasteiger partial charge < -0.3 is 14.9 Å². The fourth-order valence-electron chi connectivity index (χ4n) is 2.88. The number of hydrogen-bond acceptors (Lipinski definition) is 5. The van der Waals surface area contributed by atoms with Gasteiger partial charge in [0.1, 0.15) is 11.5 Å². The monoisotopic (exact) mass is 301 g/mol. The lowest BCUT2D eigenvalue weighted by Crippen LogP contribution is -2.33. The van der Waals surface area contributed by atoms with Gasteiger partial charge in [-0.05, 0) is 44.0 Å². The second-order valence-electron chi connectivity index (χ2n) is 5.59. The van der Waals surface area contributed by atoms with Gasteiger partial charge in [0.05, 0.1) is 6.54 Å². The van der Waals surface area contributed by atoms with Crippen LogP contribution >= 0.6 is 0 Å². The Hall–Kier alpha value is -2.34. The van der Waals surface area contributed by atoms with Gasteiger partial charge in [0.15, 0.2) is 5.82 Å². The molecule has 1 aliphatic rings. The fraction of sp³-hybridized carbons (Fsp3) is 0.375. The Balaban J connectivity index is 1.63. The summed E-state index contributed by atoms with van der Waals surface area (Å²) in [7, 11) is 0. The first kappa shape index (κ1) is 14.6. The predicted molar refractivity (Wildman–Crippen MR) is 81.5 cm³/mol. The first-order valence-corrected chi connectivity index (χ1v) is 7.38. The molecular formula is C16H19N3O3. The molecule has 1 saturated heterocycles. The Labute approximate surface area is 128 Å². The lowest BCUT2D eigenvalue weighted by atomic mass is 10.0. The number of carbonyl (C=O) groups is 1. The second-order valence-corrected chi connectivity index (χ2v) is 5.59. The number of benzene rings is 1. The standard InChI is InChI=1S/C16H19N3O3/c1-11-9-15(18-22-11)17-16(21)10-19-8-2-3-14(19)12-4-6-13(20)7-5-12/h4-7,9,14,20H,2-3,8,10H2,1H3,(H,17,18,21)/t14-/m0/s1. The van der Waals surface area contributed by atoms with Crippen molar-refractivity contribution in [2.24, 2.45) is 0 Å². The Kier molecular flexibility index (Phi) is 4.11. The zero-order valence-corrected chi connectivity index (χ0v) is 12.5. The van der Waals surface area contributed by atoms with Crippen LogP contribution in [0.15, 0.2) is 34.9 Å². The minimum Gasteiger partial charge on any atom is -0.508 e. The van der Waals surface area contributed by atoms with Crippen LogP contribution in [0.2, 0.25) is 0 Å². The smallest absolute Gasteiger partial charge is 0.239 e. The van der Waals surface area contributed by atoms with Crippen molar-refractivity contribution in [3.05, 3.63) is 41.7 Å². The molecule has 116 valence electrons. The molecule has 0 bridgehead atoms. The minimum atomic E-state index is -0.0982. The largest absolute Gasteiger partial charge is 0.508 e. The summed E-state index contributed by atoms with van der Waals surface area (Å²) < 4.78 is 4.94. The molecule has 1 atom stereocenters. The number of aryl methyl sites for hydroxylation is 1. The van der Waals surface area contributed by atoms with Crippen LogP contribution in [0.25, 0.3) is 0 Å². The van der Waals surface area contributed by atoms with Crippen molar-refractivity contribution < 1.29 is 14.4 Å². The maximum atomic E-state index is 12.1. The van der Waals surface area contributed by atoms with Crippen LogP contribution in [0.4, 0.5) is 5.82 Å². The van der Waals surface area contributed by atoms with E-state index in [-0.39, 0.29) is 17.7 Å². The number of amides is 1. The zero-order valence-electron chi connectivity index (χ0n) is 12.5. The number of nitrogens with one attached hydrogen (secondary N) is 1. The summed E-state index contributed by atoms with van der Waals surface area (Å²) >= 11 is 0. The second kappa shape index (κ2) is 6.19. The van der Waals surface area contributed by atoms with Crippen molar-refractivity contribution in [1.29, 1.82) is 0 Å². The summed E-state index contributed by atoms with van der Waals surface area (Å²) in [6.45, 7) is 2.98. The van der Waals surface area contributed by atoms with Crippen molar-refractivity contribution >= 4 is 11.7 Å². The number of rotatable bonds is 4.